The molecule has 0 aliphatic heterocycles. The van der Waals surface area contributed by atoms with Gasteiger partial charge in [-0.05, 0) is 57.0 Å². The third-order valence-electron chi connectivity index (χ3n) is 3.69. The molecule has 0 bridgehead atoms. The summed E-state index contributed by atoms with van der Waals surface area (Å²) >= 11 is 3.35. The lowest BCUT2D eigenvalue weighted by molar-refractivity contribution is 0.608. The first-order chi connectivity index (χ1) is 10.2. The lowest BCUT2D eigenvalue weighted by atomic mass is 9.96. The minimum absolute atomic E-state index is 0.0559. The molecular formula is C18H15BrFN. The standard InChI is InChI=1S/C18H15BrFN/c1-21-18(15-7-4-8-16(20)17(15)19)14-10-9-12-5-2-3-6-13(12)11-14/h2-11,18,21H,1H3. The molecule has 0 aliphatic rings. The van der Waals surface area contributed by atoms with Crippen LogP contribution in [0.4, 0.5) is 4.39 Å². The van der Waals surface area contributed by atoms with Crippen molar-refractivity contribution in [2.45, 2.75) is 6.04 Å². The Morgan fingerprint density at radius 2 is 1.71 bits per heavy atom. The minimum atomic E-state index is -0.242. The molecule has 21 heavy (non-hydrogen) atoms. The highest BCUT2D eigenvalue weighted by molar-refractivity contribution is 9.10. The van der Waals surface area contributed by atoms with Crippen molar-refractivity contribution < 1.29 is 4.39 Å². The maximum Gasteiger partial charge on any atom is 0.137 e. The third kappa shape index (κ3) is 2.71. The monoisotopic (exact) mass is 343 g/mol. The lowest BCUT2D eigenvalue weighted by Gasteiger charge is -2.19. The second-order valence-electron chi connectivity index (χ2n) is 4.97. The zero-order valence-electron chi connectivity index (χ0n) is 11.6. The Bertz CT molecular complexity index is 785. The molecule has 3 aromatic carbocycles. The first-order valence-electron chi connectivity index (χ1n) is 6.80. The molecular weight excluding hydrogens is 329 g/mol. The number of rotatable bonds is 3. The molecule has 1 atom stereocenters. The van der Waals surface area contributed by atoms with Crippen molar-refractivity contribution in [3.63, 3.8) is 0 Å². The molecule has 0 fully saturated rings. The van der Waals surface area contributed by atoms with Crippen LogP contribution in [-0.4, -0.2) is 7.05 Å². The molecule has 1 nitrogen and oxygen atoms in total. The van der Waals surface area contributed by atoms with Gasteiger partial charge in [0.1, 0.15) is 5.82 Å². The molecule has 3 rings (SSSR count). The average molecular weight is 344 g/mol. The lowest BCUT2D eigenvalue weighted by Crippen LogP contribution is -2.18. The third-order valence-corrected chi connectivity index (χ3v) is 4.52. The summed E-state index contributed by atoms with van der Waals surface area (Å²) in [5, 5.41) is 5.66. The van der Waals surface area contributed by atoms with Crippen LogP contribution >= 0.6 is 15.9 Å². The van der Waals surface area contributed by atoms with Gasteiger partial charge in [0.25, 0.3) is 0 Å². The number of benzene rings is 3. The van der Waals surface area contributed by atoms with Crippen LogP contribution in [0.25, 0.3) is 10.8 Å². The van der Waals surface area contributed by atoms with Crippen LogP contribution in [0.15, 0.2) is 65.1 Å². The van der Waals surface area contributed by atoms with Crippen LogP contribution in [-0.2, 0) is 0 Å². The predicted octanol–water partition coefficient (Wildman–Crippen LogP) is 5.05. The molecule has 0 saturated carbocycles. The molecule has 106 valence electrons. The van der Waals surface area contributed by atoms with E-state index in [1.165, 1.54) is 16.8 Å². The van der Waals surface area contributed by atoms with E-state index >= 15 is 0 Å². The topological polar surface area (TPSA) is 12.0 Å². The van der Waals surface area contributed by atoms with Crippen molar-refractivity contribution >= 4 is 26.7 Å². The van der Waals surface area contributed by atoms with Gasteiger partial charge in [0.05, 0.1) is 10.5 Å². The van der Waals surface area contributed by atoms with E-state index in [1.807, 2.05) is 25.2 Å². The van der Waals surface area contributed by atoms with Crippen LogP contribution in [0, 0.1) is 5.82 Å². The van der Waals surface area contributed by atoms with E-state index < -0.39 is 0 Å². The molecule has 0 radical (unpaired) electrons. The molecule has 1 N–H and O–H groups in total. The summed E-state index contributed by atoms with van der Waals surface area (Å²) in [4.78, 5) is 0. The van der Waals surface area contributed by atoms with Crippen LogP contribution in [0.3, 0.4) is 0 Å². The number of fused-ring (bicyclic) bond motifs is 1. The summed E-state index contributed by atoms with van der Waals surface area (Å²) in [6, 6.07) is 19.6. The number of hydrogen-bond acceptors (Lipinski definition) is 1. The van der Waals surface area contributed by atoms with Gasteiger partial charge in [0.2, 0.25) is 0 Å². The van der Waals surface area contributed by atoms with Gasteiger partial charge in [-0.25, -0.2) is 4.39 Å². The summed E-state index contributed by atoms with van der Waals surface area (Å²) < 4.78 is 14.3. The van der Waals surface area contributed by atoms with E-state index in [2.05, 4.69) is 51.6 Å². The fraction of sp³-hybridized carbons (Fsp3) is 0.111. The molecule has 0 spiro atoms. The van der Waals surface area contributed by atoms with E-state index in [-0.39, 0.29) is 11.9 Å². The van der Waals surface area contributed by atoms with Gasteiger partial charge in [-0.2, -0.15) is 0 Å². The minimum Gasteiger partial charge on any atom is -0.309 e. The number of halogens is 2. The number of hydrogen-bond donors (Lipinski definition) is 1. The van der Waals surface area contributed by atoms with Gasteiger partial charge in [-0.1, -0.05) is 48.5 Å². The van der Waals surface area contributed by atoms with Crippen LogP contribution in [0.1, 0.15) is 17.2 Å². The van der Waals surface area contributed by atoms with Crippen molar-refractivity contribution in [2.75, 3.05) is 7.05 Å². The second kappa shape index (κ2) is 5.96. The average Bonchev–Trinajstić information content (AvgIpc) is 2.52. The van der Waals surface area contributed by atoms with Gasteiger partial charge < -0.3 is 5.32 Å². The predicted molar refractivity (Wildman–Crippen MR) is 89.0 cm³/mol. The van der Waals surface area contributed by atoms with Crippen molar-refractivity contribution in [1.29, 1.82) is 0 Å². The Labute approximate surface area is 131 Å². The van der Waals surface area contributed by atoms with Gasteiger partial charge in [0.15, 0.2) is 0 Å². The van der Waals surface area contributed by atoms with Crippen LogP contribution < -0.4 is 5.32 Å². The highest BCUT2D eigenvalue weighted by Gasteiger charge is 2.17. The highest BCUT2D eigenvalue weighted by Crippen LogP contribution is 2.31. The van der Waals surface area contributed by atoms with E-state index in [1.54, 1.807) is 6.07 Å². The molecule has 0 amide bonds. The Morgan fingerprint density at radius 1 is 0.952 bits per heavy atom. The van der Waals surface area contributed by atoms with Crippen LogP contribution in [0.2, 0.25) is 0 Å². The highest BCUT2D eigenvalue weighted by atomic mass is 79.9. The summed E-state index contributed by atoms with van der Waals surface area (Å²) in [6.07, 6.45) is 0. The zero-order valence-corrected chi connectivity index (χ0v) is 13.2. The van der Waals surface area contributed by atoms with Crippen molar-refractivity contribution in [1.82, 2.24) is 5.32 Å². The van der Waals surface area contributed by atoms with Crippen molar-refractivity contribution in [3.05, 3.63) is 82.1 Å². The summed E-state index contributed by atoms with van der Waals surface area (Å²) in [5.41, 5.74) is 2.01. The van der Waals surface area contributed by atoms with E-state index in [9.17, 15) is 4.39 Å². The summed E-state index contributed by atoms with van der Waals surface area (Å²) in [6.45, 7) is 0. The Hall–Kier alpha value is -1.71. The van der Waals surface area contributed by atoms with Gasteiger partial charge in [-0.3, -0.25) is 0 Å². The fourth-order valence-corrected chi connectivity index (χ4v) is 3.13. The van der Waals surface area contributed by atoms with Crippen LogP contribution in [0.5, 0.6) is 0 Å². The van der Waals surface area contributed by atoms with Gasteiger partial charge in [0, 0.05) is 0 Å². The number of nitrogens with one attached hydrogen (secondary N) is 1. The Morgan fingerprint density at radius 3 is 2.48 bits per heavy atom. The first kappa shape index (κ1) is 14.2. The quantitative estimate of drug-likeness (QED) is 0.701. The SMILES string of the molecule is CNC(c1ccc2ccccc2c1)c1cccc(F)c1Br. The second-order valence-corrected chi connectivity index (χ2v) is 5.76. The molecule has 3 aromatic rings. The summed E-state index contributed by atoms with van der Waals surface area (Å²) in [5.74, 6) is -0.242. The molecule has 0 heterocycles. The molecule has 1 unspecified atom stereocenters. The fourth-order valence-electron chi connectivity index (χ4n) is 2.63. The normalized spacial score (nSPS) is 12.5. The zero-order chi connectivity index (χ0) is 14.8. The van der Waals surface area contributed by atoms with E-state index in [0.717, 1.165) is 11.1 Å². The molecule has 3 heteroatoms. The smallest absolute Gasteiger partial charge is 0.137 e. The van der Waals surface area contributed by atoms with E-state index in [0.29, 0.717) is 4.47 Å². The van der Waals surface area contributed by atoms with Crippen molar-refractivity contribution in [3.8, 4) is 0 Å². The molecule has 0 saturated heterocycles. The largest absolute Gasteiger partial charge is 0.309 e. The molecule has 0 aromatic heterocycles. The maximum absolute atomic E-state index is 13.8. The first-order valence-corrected chi connectivity index (χ1v) is 7.60. The van der Waals surface area contributed by atoms with E-state index in [4.69, 9.17) is 0 Å². The summed E-state index contributed by atoms with van der Waals surface area (Å²) in [7, 11) is 1.89. The maximum atomic E-state index is 13.8. The Balaban J connectivity index is 2.11. The van der Waals surface area contributed by atoms with Gasteiger partial charge in [-0.15, -0.1) is 0 Å². The molecule has 0 aliphatic carbocycles. The Kier molecular flexibility index (Phi) is 4.04. The van der Waals surface area contributed by atoms with Gasteiger partial charge >= 0.3 is 0 Å². The van der Waals surface area contributed by atoms with Crippen molar-refractivity contribution in [2.24, 2.45) is 0 Å².